The lowest BCUT2D eigenvalue weighted by Crippen LogP contribution is -2.29. The Bertz CT molecular complexity index is 569. The van der Waals surface area contributed by atoms with Crippen molar-refractivity contribution in [2.45, 2.75) is 32.4 Å². The molecule has 0 aliphatic carbocycles. The highest BCUT2D eigenvalue weighted by Crippen LogP contribution is 2.23. The van der Waals surface area contributed by atoms with Gasteiger partial charge >= 0.3 is 0 Å². The normalized spacial score (nSPS) is 12.4. The van der Waals surface area contributed by atoms with Crippen LogP contribution in [0, 0.1) is 0 Å². The molecule has 0 aliphatic heterocycles. The Balaban J connectivity index is 2.15. The third-order valence-electron chi connectivity index (χ3n) is 3.19. The van der Waals surface area contributed by atoms with Crippen LogP contribution in [0.1, 0.15) is 31.0 Å². The fourth-order valence-electron chi connectivity index (χ4n) is 2.21. The largest absolute Gasteiger partial charge is 0.491 e. The van der Waals surface area contributed by atoms with E-state index in [2.05, 4.69) is 5.43 Å². The molecule has 0 aromatic heterocycles. The summed E-state index contributed by atoms with van der Waals surface area (Å²) >= 11 is 5.91. The standard InChI is InChI=1S/C17H21ClN2O/c1-12(2)21-16-5-3-4-14(11-16)17(20-19)10-13-6-8-15(18)9-7-13/h3-9,11-12,17,20H,10,19H2,1-2H3. The molecule has 0 amide bonds. The zero-order valence-electron chi connectivity index (χ0n) is 12.3. The number of rotatable bonds is 6. The van der Waals surface area contributed by atoms with Gasteiger partial charge in [-0.3, -0.25) is 11.3 Å². The molecule has 2 aromatic rings. The van der Waals surface area contributed by atoms with E-state index in [1.54, 1.807) is 0 Å². The summed E-state index contributed by atoms with van der Waals surface area (Å²) in [6.45, 7) is 4.03. The minimum absolute atomic E-state index is 0.0295. The number of hydrogen-bond acceptors (Lipinski definition) is 3. The first kappa shape index (κ1) is 15.8. The molecule has 21 heavy (non-hydrogen) atoms. The number of benzene rings is 2. The number of nitrogens with two attached hydrogens (primary N) is 1. The molecule has 2 rings (SSSR count). The molecule has 0 fully saturated rings. The van der Waals surface area contributed by atoms with Crippen molar-refractivity contribution in [2.75, 3.05) is 0 Å². The van der Waals surface area contributed by atoms with E-state index >= 15 is 0 Å². The zero-order valence-corrected chi connectivity index (χ0v) is 13.1. The zero-order chi connectivity index (χ0) is 15.2. The summed E-state index contributed by atoms with van der Waals surface area (Å²) in [5.74, 6) is 6.58. The average molecular weight is 305 g/mol. The van der Waals surface area contributed by atoms with Gasteiger partial charge in [-0.2, -0.15) is 0 Å². The van der Waals surface area contributed by atoms with E-state index in [1.165, 1.54) is 5.56 Å². The second kappa shape index (κ2) is 7.46. The summed E-state index contributed by atoms with van der Waals surface area (Å²) in [5.41, 5.74) is 5.15. The van der Waals surface area contributed by atoms with Gasteiger partial charge in [0.2, 0.25) is 0 Å². The Morgan fingerprint density at radius 3 is 2.48 bits per heavy atom. The van der Waals surface area contributed by atoms with Crippen LogP contribution in [0.2, 0.25) is 5.02 Å². The molecule has 0 radical (unpaired) electrons. The van der Waals surface area contributed by atoms with Crippen LogP contribution in [-0.2, 0) is 6.42 Å². The van der Waals surface area contributed by atoms with Crippen molar-refractivity contribution >= 4 is 11.6 Å². The van der Waals surface area contributed by atoms with Gasteiger partial charge < -0.3 is 4.74 Å². The van der Waals surface area contributed by atoms with Crippen LogP contribution in [-0.4, -0.2) is 6.10 Å². The third-order valence-corrected chi connectivity index (χ3v) is 3.44. The molecule has 3 nitrogen and oxygen atoms in total. The summed E-state index contributed by atoms with van der Waals surface area (Å²) < 4.78 is 5.73. The van der Waals surface area contributed by atoms with Crippen molar-refractivity contribution < 1.29 is 4.74 Å². The topological polar surface area (TPSA) is 47.3 Å². The van der Waals surface area contributed by atoms with Crippen LogP contribution in [0.4, 0.5) is 0 Å². The van der Waals surface area contributed by atoms with Crippen molar-refractivity contribution in [1.29, 1.82) is 0 Å². The minimum Gasteiger partial charge on any atom is -0.491 e. The smallest absolute Gasteiger partial charge is 0.120 e. The van der Waals surface area contributed by atoms with E-state index in [4.69, 9.17) is 22.2 Å². The van der Waals surface area contributed by atoms with E-state index < -0.39 is 0 Å². The molecule has 1 atom stereocenters. The van der Waals surface area contributed by atoms with E-state index in [-0.39, 0.29) is 12.1 Å². The minimum atomic E-state index is 0.0295. The first-order chi connectivity index (χ1) is 10.1. The quantitative estimate of drug-likeness (QED) is 0.629. The molecule has 1 unspecified atom stereocenters. The van der Waals surface area contributed by atoms with Crippen LogP contribution >= 0.6 is 11.6 Å². The van der Waals surface area contributed by atoms with Gasteiger partial charge in [0.25, 0.3) is 0 Å². The van der Waals surface area contributed by atoms with Gasteiger partial charge in [-0.15, -0.1) is 0 Å². The predicted octanol–water partition coefficient (Wildman–Crippen LogP) is 3.87. The second-order valence-electron chi connectivity index (χ2n) is 5.29. The lowest BCUT2D eigenvalue weighted by atomic mass is 9.99. The highest BCUT2D eigenvalue weighted by atomic mass is 35.5. The molecule has 0 spiro atoms. The highest BCUT2D eigenvalue weighted by Gasteiger charge is 2.12. The number of nitrogens with one attached hydrogen (secondary N) is 1. The van der Waals surface area contributed by atoms with E-state index in [9.17, 15) is 0 Å². The summed E-state index contributed by atoms with van der Waals surface area (Å²) in [5, 5.41) is 0.739. The van der Waals surface area contributed by atoms with E-state index in [0.29, 0.717) is 0 Å². The maximum Gasteiger partial charge on any atom is 0.120 e. The maximum atomic E-state index is 5.91. The molecular weight excluding hydrogens is 284 g/mol. The Kier molecular flexibility index (Phi) is 5.62. The van der Waals surface area contributed by atoms with Gasteiger partial charge in [0.1, 0.15) is 5.75 Å². The summed E-state index contributed by atoms with van der Waals surface area (Å²) in [6, 6.07) is 15.9. The molecule has 112 valence electrons. The van der Waals surface area contributed by atoms with Crippen LogP contribution in [0.15, 0.2) is 48.5 Å². The average Bonchev–Trinajstić information content (AvgIpc) is 2.46. The van der Waals surface area contributed by atoms with Crippen molar-refractivity contribution in [3.63, 3.8) is 0 Å². The van der Waals surface area contributed by atoms with Crippen LogP contribution in [0.5, 0.6) is 5.75 Å². The van der Waals surface area contributed by atoms with Gasteiger partial charge in [-0.25, -0.2) is 0 Å². The SMILES string of the molecule is CC(C)Oc1cccc(C(Cc2ccc(Cl)cc2)NN)c1. The fourth-order valence-corrected chi connectivity index (χ4v) is 2.33. The molecule has 0 saturated heterocycles. The highest BCUT2D eigenvalue weighted by molar-refractivity contribution is 6.30. The Labute approximate surface area is 131 Å². The molecule has 0 bridgehead atoms. The van der Waals surface area contributed by atoms with Gasteiger partial charge in [0, 0.05) is 5.02 Å². The Morgan fingerprint density at radius 2 is 1.86 bits per heavy atom. The van der Waals surface area contributed by atoms with Gasteiger partial charge in [0.05, 0.1) is 12.1 Å². The summed E-state index contributed by atoms with van der Waals surface area (Å²) in [7, 11) is 0. The van der Waals surface area contributed by atoms with Crippen LogP contribution < -0.4 is 16.0 Å². The number of ether oxygens (including phenoxy) is 1. The molecule has 0 saturated carbocycles. The number of hydrazine groups is 1. The monoisotopic (exact) mass is 304 g/mol. The molecule has 0 heterocycles. The Hall–Kier alpha value is -1.55. The lowest BCUT2D eigenvalue weighted by Gasteiger charge is -2.18. The molecule has 4 heteroatoms. The Morgan fingerprint density at radius 1 is 1.14 bits per heavy atom. The third kappa shape index (κ3) is 4.74. The molecular formula is C17H21ClN2O. The van der Waals surface area contributed by atoms with Gasteiger partial charge in [-0.1, -0.05) is 35.9 Å². The van der Waals surface area contributed by atoms with Crippen LogP contribution in [0.3, 0.4) is 0 Å². The van der Waals surface area contributed by atoms with Crippen molar-refractivity contribution in [3.05, 3.63) is 64.7 Å². The molecule has 0 aliphatic rings. The first-order valence-corrected chi connectivity index (χ1v) is 7.43. The van der Waals surface area contributed by atoms with Crippen molar-refractivity contribution in [1.82, 2.24) is 5.43 Å². The fraction of sp³-hybridized carbons (Fsp3) is 0.294. The van der Waals surface area contributed by atoms with Crippen molar-refractivity contribution in [3.8, 4) is 5.75 Å². The summed E-state index contributed by atoms with van der Waals surface area (Å²) in [6.07, 6.45) is 0.944. The number of halogens is 1. The molecule has 3 N–H and O–H groups in total. The number of hydrogen-bond donors (Lipinski definition) is 2. The lowest BCUT2D eigenvalue weighted by molar-refractivity contribution is 0.242. The first-order valence-electron chi connectivity index (χ1n) is 7.05. The van der Waals surface area contributed by atoms with Gasteiger partial charge in [0.15, 0.2) is 0 Å². The van der Waals surface area contributed by atoms with E-state index in [1.807, 2.05) is 62.4 Å². The summed E-state index contributed by atoms with van der Waals surface area (Å²) in [4.78, 5) is 0. The van der Waals surface area contributed by atoms with Crippen molar-refractivity contribution in [2.24, 2.45) is 5.84 Å². The van der Waals surface area contributed by atoms with Crippen LogP contribution in [0.25, 0.3) is 0 Å². The maximum absolute atomic E-state index is 5.91. The molecule has 2 aromatic carbocycles. The van der Waals surface area contributed by atoms with E-state index in [0.717, 1.165) is 22.8 Å². The second-order valence-corrected chi connectivity index (χ2v) is 5.73. The predicted molar refractivity (Wildman–Crippen MR) is 87.4 cm³/mol. The van der Waals surface area contributed by atoms with Gasteiger partial charge in [-0.05, 0) is 55.7 Å².